The Morgan fingerprint density at radius 2 is 2.00 bits per heavy atom. The number of halogens is 1. The molecule has 0 unspecified atom stereocenters. The third-order valence-electron chi connectivity index (χ3n) is 5.27. The summed E-state index contributed by atoms with van der Waals surface area (Å²) in [5.74, 6) is -1.47. The van der Waals surface area contributed by atoms with E-state index in [1.807, 2.05) is 38.1 Å². The lowest BCUT2D eigenvalue weighted by Gasteiger charge is -2.17. The lowest BCUT2D eigenvalue weighted by molar-refractivity contribution is -0.139. The molecule has 30 heavy (non-hydrogen) atoms. The minimum atomic E-state index is -1.17. The number of hydrogen-bond acceptors (Lipinski definition) is 3. The summed E-state index contributed by atoms with van der Waals surface area (Å²) in [5.41, 5.74) is 2.68. The normalized spacial score (nSPS) is 12.1. The lowest BCUT2D eigenvalue weighted by atomic mass is 10.0. The summed E-state index contributed by atoms with van der Waals surface area (Å²) >= 11 is 5.75. The third-order valence-corrected chi connectivity index (χ3v) is 5.54. The van der Waals surface area contributed by atoms with Crippen LogP contribution in [0.2, 0.25) is 0 Å². The summed E-state index contributed by atoms with van der Waals surface area (Å²) in [4.78, 5) is 40.6. The van der Waals surface area contributed by atoms with E-state index in [0.717, 1.165) is 27.7 Å². The smallest absolute Gasteiger partial charge is 0.326 e. The molecule has 0 aliphatic heterocycles. The van der Waals surface area contributed by atoms with Gasteiger partial charge in [0.05, 0.1) is 0 Å². The molecule has 1 atom stereocenters. The van der Waals surface area contributed by atoms with Crippen LogP contribution in [0.4, 0.5) is 0 Å². The number of para-hydroxylation sites is 1. The molecule has 1 amide bonds. The predicted molar refractivity (Wildman–Crippen MR) is 116 cm³/mol. The Kier molecular flexibility index (Phi) is 6.62. The summed E-state index contributed by atoms with van der Waals surface area (Å²) in [5, 5.41) is 13.1. The maximum absolute atomic E-state index is 12.8. The number of rotatable bonds is 8. The molecule has 0 spiro atoms. The first-order valence-corrected chi connectivity index (χ1v) is 10.2. The molecule has 0 saturated carbocycles. The van der Waals surface area contributed by atoms with Gasteiger partial charge in [-0.05, 0) is 43.5 Å². The van der Waals surface area contributed by atoms with E-state index in [0.29, 0.717) is 18.8 Å². The molecule has 1 aromatic carbocycles. The zero-order chi connectivity index (χ0) is 21.8. The second-order valence-corrected chi connectivity index (χ2v) is 7.63. The van der Waals surface area contributed by atoms with Crippen molar-refractivity contribution < 1.29 is 14.7 Å². The van der Waals surface area contributed by atoms with Crippen LogP contribution in [0.1, 0.15) is 33.6 Å². The van der Waals surface area contributed by atoms with Crippen molar-refractivity contribution in [2.24, 2.45) is 0 Å². The molecule has 8 heteroatoms. The number of carboxylic acid groups (broad SMARTS) is 1. The van der Waals surface area contributed by atoms with Gasteiger partial charge in [-0.15, -0.1) is 11.6 Å². The van der Waals surface area contributed by atoms with E-state index in [1.54, 1.807) is 6.20 Å². The average Bonchev–Trinajstić information content (AvgIpc) is 3.13. The topological polar surface area (TPSA) is 104 Å². The minimum Gasteiger partial charge on any atom is -0.480 e. The van der Waals surface area contributed by atoms with Gasteiger partial charge < -0.3 is 20.0 Å². The number of carbonyl (C=O) groups is 2. The number of nitrogens with zero attached hydrogens (tertiary/aromatic N) is 1. The second-order valence-electron chi connectivity index (χ2n) is 7.25. The third kappa shape index (κ3) is 4.41. The molecule has 0 bridgehead atoms. The van der Waals surface area contributed by atoms with Gasteiger partial charge in [-0.2, -0.15) is 0 Å². The van der Waals surface area contributed by atoms with E-state index in [4.69, 9.17) is 11.6 Å². The van der Waals surface area contributed by atoms with Crippen molar-refractivity contribution in [3.63, 3.8) is 0 Å². The van der Waals surface area contributed by atoms with Crippen molar-refractivity contribution in [3.8, 4) is 0 Å². The first-order valence-electron chi connectivity index (χ1n) is 9.69. The highest BCUT2D eigenvalue weighted by Gasteiger charge is 2.24. The van der Waals surface area contributed by atoms with Crippen molar-refractivity contribution in [1.29, 1.82) is 0 Å². The maximum Gasteiger partial charge on any atom is 0.326 e. The summed E-state index contributed by atoms with van der Waals surface area (Å²) < 4.78 is 1.52. The molecular weight excluding hydrogens is 406 g/mol. The molecule has 0 aliphatic carbocycles. The number of aromatic nitrogens is 2. The Bertz CT molecular complexity index is 1150. The number of benzene rings is 1. The van der Waals surface area contributed by atoms with E-state index in [-0.39, 0.29) is 12.0 Å². The van der Waals surface area contributed by atoms with Gasteiger partial charge in [0.2, 0.25) is 0 Å². The number of nitrogens with one attached hydrogen (secondary N) is 2. The van der Waals surface area contributed by atoms with Gasteiger partial charge in [0.25, 0.3) is 11.5 Å². The molecule has 3 N–H and O–H groups in total. The number of fused-ring (bicyclic) bond motifs is 1. The Morgan fingerprint density at radius 3 is 2.70 bits per heavy atom. The fraction of sp³-hybridized carbons (Fsp3) is 0.318. The molecule has 2 aromatic heterocycles. The number of carbonyl (C=O) groups excluding carboxylic acids is 1. The van der Waals surface area contributed by atoms with Crippen LogP contribution in [-0.4, -0.2) is 38.5 Å². The fourth-order valence-electron chi connectivity index (χ4n) is 3.50. The molecule has 7 nitrogen and oxygen atoms in total. The second kappa shape index (κ2) is 9.17. The van der Waals surface area contributed by atoms with Gasteiger partial charge in [-0.1, -0.05) is 18.2 Å². The summed E-state index contributed by atoms with van der Waals surface area (Å²) in [6, 6.07) is 7.87. The van der Waals surface area contributed by atoms with Gasteiger partial charge in [-0.3, -0.25) is 9.59 Å². The highest BCUT2D eigenvalue weighted by Crippen LogP contribution is 2.19. The van der Waals surface area contributed by atoms with Gasteiger partial charge in [-0.25, -0.2) is 4.79 Å². The van der Waals surface area contributed by atoms with Gasteiger partial charge in [0, 0.05) is 41.6 Å². The van der Waals surface area contributed by atoms with Crippen molar-refractivity contribution in [1.82, 2.24) is 14.9 Å². The van der Waals surface area contributed by atoms with Gasteiger partial charge in [0.15, 0.2) is 0 Å². The fourth-order valence-corrected chi connectivity index (χ4v) is 3.62. The van der Waals surface area contributed by atoms with Crippen LogP contribution in [-0.2, 0) is 17.8 Å². The maximum atomic E-state index is 12.8. The number of amides is 1. The quantitative estimate of drug-likeness (QED) is 0.479. The number of hydrogen-bond donors (Lipinski definition) is 3. The summed E-state index contributed by atoms with van der Waals surface area (Å²) in [6.45, 7) is 4.01. The zero-order valence-electron chi connectivity index (χ0n) is 16.9. The number of aryl methyl sites for hydroxylation is 1. The van der Waals surface area contributed by atoms with Crippen molar-refractivity contribution in [3.05, 3.63) is 69.3 Å². The van der Waals surface area contributed by atoms with E-state index >= 15 is 0 Å². The van der Waals surface area contributed by atoms with Crippen LogP contribution < -0.4 is 10.9 Å². The number of carboxylic acids is 1. The SMILES string of the molecule is Cc1cc(C(=O)N[C@@H](Cc2c[nH]c3ccccc23)C(=O)O)c(=O)n(CCCCl)c1C. The summed E-state index contributed by atoms with van der Waals surface area (Å²) in [6.07, 6.45) is 2.42. The van der Waals surface area contributed by atoms with Crippen LogP contribution >= 0.6 is 11.6 Å². The Balaban J connectivity index is 1.88. The van der Waals surface area contributed by atoms with E-state index < -0.39 is 23.5 Å². The van der Waals surface area contributed by atoms with Crippen LogP contribution in [0.25, 0.3) is 10.9 Å². The largest absolute Gasteiger partial charge is 0.480 e. The van der Waals surface area contributed by atoms with Crippen LogP contribution in [0.3, 0.4) is 0 Å². The van der Waals surface area contributed by atoms with Crippen molar-refractivity contribution in [2.45, 2.75) is 39.3 Å². The standard InChI is InChI=1S/C22H24ClN3O4/c1-13-10-17(21(28)26(14(13)2)9-5-8-23)20(27)25-19(22(29)30)11-15-12-24-18-7-4-3-6-16(15)18/h3-4,6-7,10,12,19,24H,5,8-9,11H2,1-2H3,(H,25,27)(H,29,30)/t19-/m0/s1. The number of pyridine rings is 1. The molecule has 3 aromatic rings. The Labute approximate surface area is 178 Å². The van der Waals surface area contributed by atoms with Crippen molar-refractivity contribution >= 4 is 34.4 Å². The number of aromatic amines is 1. The highest BCUT2D eigenvalue weighted by molar-refractivity contribution is 6.17. The molecule has 158 valence electrons. The minimum absolute atomic E-state index is 0.0714. The first-order chi connectivity index (χ1) is 14.3. The molecule has 0 fully saturated rings. The Morgan fingerprint density at radius 1 is 1.27 bits per heavy atom. The van der Waals surface area contributed by atoms with E-state index in [1.165, 1.54) is 10.6 Å². The highest BCUT2D eigenvalue weighted by atomic mass is 35.5. The molecular formula is C22H24ClN3O4. The van der Waals surface area contributed by atoms with E-state index in [2.05, 4.69) is 10.3 Å². The number of alkyl halides is 1. The predicted octanol–water partition coefficient (Wildman–Crippen LogP) is 3.00. The molecule has 2 heterocycles. The molecule has 0 aliphatic rings. The van der Waals surface area contributed by atoms with Crippen LogP contribution in [0.15, 0.2) is 41.3 Å². The van der Waals surface area contributed by atoms with Crippen molar-refractivity contribution in [2.75, 3.05) is 5.88 Å². The van der Waals surface area contributed by atoms with Gasteiger partial charge >= 0.3 is 5.97 Å². The molecule has 0 radical (unpaired) electrons. The summed E-state index contributed by atoms with van der Waals surface area (Å²) in [7, 11) is 0. The molecule has 3 rings (SSSR count). The first kappa shape index (κ1) is 21.6. The number of aliphatic carboxylic acids is 1. The average molecular weight is 430 g/mol. The van der Waals surface area contributed by atoms with Crippen LogP contribution in [0.5, 0.6) is 0 Å². The van der Waals surface area contributed by atoms with Gasteiger partial charge in [0.1, 0.15) is 11.6 Å². The lowest BCUT2D eigenvalue weighted by Crippen LogP contribution is -2.44. The monoisotopic (exact) mass is 429 g/mol. The zero-order valence-corrected chi connectivity index (χ0v) is 17.6. The number of H-pyrrole nitrogens is 1. The van der Waals surface area contributed by atoms with E-state index in [9.17, 15) is 19.5 Å². The molecule has 0 saturated heterocycles. The Hall–Kier alpha value is -3.06. The van der Waals surface area contributed by atoms with Crippen LogP contribution in [0, 0.1) is 13.8 Å².